The summed E-state index contributed by atoms with van der Waals surface area (Å²) in [5, 5.41) is 0. The molecule has 0 bridgehead atoms. The third-order valence-corrected chi connectivity index (χ3v) is 3.41. The van der Waals surface area contributed by atoms with E-state index in [4.69, 9.17) is 4.42 Å². The maximum Gasteiger partial charge on any atom is 0.181 e. The fourth-order valence-corrected chi connectivity index (χ4v) is 1.57. The van der Waals surface area contributed by atoms with Crippen LogP contribution < -0.4 is 0 Å². The molecule has 0 amide bonds. The molecule has 0 N–H and O–H groups in total. The number of oxazole rings is 1. The average Bonchev–Trinajstić information content (AvgIpc) is 2.51. The van der Waals surface area contributed by atoms with Gasteiger partial charge in [0, 0.05) is 5.41 Å². The molecule has 1 atom stereocenters. The van der Waals surface area contributed by atoms with Crippen molar-refractivity contribution < 1.29 is 4.42 Å². The first-order valence-electron chi connectivity index (χ1n) is 5.24. The normalized spacial score (nSPS) is 25.1. The molecule has 2 nitrogen and oxygen atoms in total. The standard InChI is InChI=1S/C13H17NO/c1-12(2,3)13(4)7-5-10-11(6-8-13)15-9-14-10/h5-9H,1-4H3. The number of aromatic nitrogens is 1. The smallest absolute Gasteiger partial charge is 0.181 e. The van der Waals surface area contributed by atoms with Gasteiger partial charge in [0.1, 0.15) is 5.69 Å². The van der Waals surface area contributed by atoms with Crippen molar-refractivity contribution >= 4 is 12.2 Å². The van der Waals surface area contributed by atoms with E-state index in [1.165, 1.54) is 6.39 Å². The zero-order valence-electron chi connectivity index (χ0n) is 9.74. The number of hydrogen-bond donors (Lipinski definition) is 0. The minimum Gasteiger partial charge on any atom is -0.443 e. The molecular weight excluding hydrogens is 186 g/mol. The van der Waals surface area contributed by atoms with E-state index in [-0.39, 0.29) is 10.8 Å². The van der Waals surface area contributed by atoms with E-state index in [0.717, 1.165) is 11.5 Å². The first-order chi connectivity index (χ1) is 6.92. The van der Waals surface area contributed by atoms with Crippen LogP contribution in [-0.2, 0) is 0 Å². The van der Waals surface area contributed by atoms with Gasteiger partial charge in [-0.2, -0.15) is 0 Å². The Labute approximate surface area is 90.7 Å². The molecule has 80 valence electrons. The SMILES string of the molecule is CC(C)(C)C1(C)C=Cc2ncoc2C=C1. The monoisotopic (exact) mass is 203 g/mol. The summed E-state index contributed by atoms with van der Waals surface area (Å²) in [6.07, 6.45) is 9.95. The summed E-state index contributed by atoms with van der Waals surface area (Å²) in [5.74, 6) is 0.847. The lowest BCUT2D eigenvalue weighted by atomic mass is 9.68. The quantitative estimate of drug-likeness (QED) is 0.641. The van der Waals surface area contributed by atoms with Crippen molar-refractivity contribution in [3.8, 4) is 0 Å². The molecular formula is C13H17NO. The molecule has 1 aliphatic rings. The molecule has 1 aromatic heterocycles. The zero-order chi connectivity index (χ0) is 11.1. The van der Waals surface area contributed by atoms with E-state index >= 15 is 0 Å². The summed E-state index contributed by atoms with van der Waals surface area (Å²) < 4.78 is 5.29. The fraction of sp³-hybridized carbons (Fsp3) is 0.462. The highest BCUT2D eigenvalue weighted by atomic mass is 16.3. The van der Waals surface area contributed by atoms with E-state index in [2.05, 4.69) is 44.8 Å². The lowest BCUT2D eigenvalue weighted by Gasteiger charge is -2.36. The first-order valence-corrected chi connectivity index (χ1v) is 5.24. The van der Waals surface area contributed by atoms with Crippen molar-refractivity contribution in [3.63, 3.8) is 0 Å². The van der Waals surface area contributed by atoms with Crippen LogP contribution in [0.4, 0.5) is 0 Å². The molecule has 0 saturated heterocycles. The van der Waals surface area contributed by atoms with Gasteiger partial charge in [-0.05, 0) is 17.6 Å². The Bertz CT molecular complexity index is 389. The highest BCUT2D eigenvalue weighted by Gasteiger charge is 2.33. The predicted molar refractivity (Wildman–Crippen MR) is 62.1 cm³/mol. The lowest BCUT2D eigenvalue weighted by Crippen LogP contribution is -2.28. The Morgan fingerprint density at radius 1 is 1.20 bits per heavy atom. The number of rotatable bonds is 0. The van der Waals surface area contributed by atoms with E-state index in [9.17, 15) is 0 Å². The Balaban J connectivity index is 2.45. The van der Waals surface area contributed by atoms with Crippen LogP contribution in [-0.4, -0.2) is 4.98 Å². The van der Waals surface area contributed by atoms with Gasteiger partial charge in [-0.3, -0.25) is 0 Å². The summed E-state index contributed by atoms with van der Waals surface area (Å²) in [4.78, 5) is 4.16. The molecule has 0 saturated carbocycles. The van der Waals surface area contributed by atoms with E-state index in [1.807, 2.05) is 12.2 Å². The maximum absolute atomic E-state index is 5.29. The van der Waals surface area contributed by atoms with Gasteiger partial charge < -0.3 is 4.42 Å². The van der Waals surface area contributed by atoms with Crippen molar-refractivity contribution in [3.05, 3.63) is 30.0 Å². The molecule has 0 radical (unpaired) electrons. The van der Waals surface area contributed by atoms with E-state index in [0.29, 0.717) is 0 Å². The summed E-state index contributed by atoms with van der Waals surface area (Å²) in [6, 6.07) is 0. The molecule has 1 aromatic rings. The molecule has 0 aromatic carbocycles. The van der Waals surface area contributed by atoms with Gasteiger partial charge in [-0.25, -0.2) is 4.98 Å². The van der Waals surface area contributed by atoms with Crippen LogP contribution in [0.15, 0.2) is 23.0 Å². The van der Waals surface area contributed by atoms with Crippen LogP contribution in [0.2, 0.25) is 0 Å². The molecule has 1 heterocycles. The third-order valence-electron chi connectivity index (χ3n) is 3.41. The number of allylic oxidation sites excluding steroid dienone is 2. The summed E-state index contributed by atoms with van der Waals surface area (Å²) >= 11 is 0. The lowest BCUT2D eigenvalue weighted by molar-refractivity contribution is 0.230. The predicted octanol–water partition coefficient (Wildman–Crippen LogP) is 3.77. The van der Waals surface area contributed by atoms with Crippen LogP contribution >= 0.6 is 0 Å². The van der Waals surface area contributed by atoms with Gasteiger partial charge in [-0.1, -0.05) is 39.8 Å². The Morgan fingerprint density at radius 2 is 1.87 bits per heavy atom. The molecule has 1 unspecified atom stereocenters. The van der Waals surface area contributed by atoms with Gasteiger partial charge in [-0.15, -0.1) is 0 Å². The Kier molecular flexibility index (Phi) is 2.10. The van der Waals surface area contributed by atoms with Crippen LogP contribution in [0, 0.1) is 10.8 Å². The number of hydrogen-bond acceptors (Lipinski definition) is 2. The van der Waals surface area contributed by atoms with Crippen molar-refractivity contribution in [1.82, 2.24) is 4.98 Å². The van der Waals surface area contributed by atoms with Gasteiger partial charge in [0.2, 0.25) is 0 Å². The van der Waals surface area contributed by atoms with Crippen LogP contribution in [0.1, 0.15) is 39.1 Å². The average molecular weight is 203 g/mol. The van der Waals surface area contributed by atoms with E-state index in [1.54, 1.807) is 0 Å². The van der Waals surface area contributed by atoms with Crippen LogP contribution in [0.25, 0.3) is 12.2 Å². The second kappa shape index (κ2) is 3.09. The van der Waals surface area contributed by atoms with Crippen molar-refractivity contribution in [2.45, 2.75) is 27.7 Å². The maximum atomic E-state index is 5.29. The summed E-state index contributed by atoms with van der Waals surface area (Å²) in [7, 11) is 0. The van der Waals surface area contributed by atoms with Crippen molar-refractivity contribution in [2.24, 2.45) is 10.8 Å². The molecule has 0 spiro atoms. The van der Waals surface area contributed by atoms with Crippen molar-refractivity contribution in [1.29, 1.82) is 0 Å². The highest BCUT2D eigenvalue weighted by Crippen LogP contribution is 2.43. The zero-order valence-corrected chi connectivity index (χ0v) is 9.74. The fourth-order valence-electron chi connectivity index (χ4n) is 1.57. The third kappa shape index (κ3) is 1.65. The molecule has 0 aliphatic heterocycles. The number of nitrogens with zero attached hydrogens (tertiary/aromatic N) is 1. The van der Waals surface area contributed by atoms with Crippen molar-refractivity contribution in [2.75, 3.05) is 0 Å². The van der Waals surface area contributed by atoms with Crippen LogP contribution in [0.5, 0.6) is 0 Å². The second-order valence-electron chi connectivity index (χ2n) is 5.30. The summed E-state index contributed by atoms with van der Waals surface area (Å²) in [6.45, 7) is 8.94. The molecule has 0 fully saturated rings. The molecule has 2 heteroatoms. The van der Waals surface area contributed by atoms with Gasteiger partial charge in [0.05, 0.1) is 0 Å². The summed E-state index contributed by atoms with van der Waals surface area (Å²) in [5.41, 5.74) is 1.14. The highest BCUT2D eigenvalue weighted by molar-refractivity contribution is 5.62. The molecule has 2 rings (SSSR count). The molecule has 15 heavy (non-hydrogen) atoms. The second-order valence-corrected chi connectivity index (χ2v) is 5.30. The topological polar surface area (TPSA) is 26.0 Å². The molecule has 1 aliphatic carbocycles. The minimum atomic E-state index is 0.0379. The van der Waals surface area contributed by atoms with Gasteiger partial charge in [0.15, 0.2) is 12.2 Å². The first kappa shape index (κ1) is 10.2. The Morgan fingerprint density at radius 3 is 2.53 bits per heavy atom. The number of fused-ring (bicyclic) bond motifs is 1. The van der Waals surface area contributed by atoms with Crippen LogP contribution in [0.3, 0.4) is 0 Å². The van der Waals surface area contributed by atoms with E-state index < -0.39 is 0 Å². The Hall–Kier alpha value is -1.31. The van der Waals surface area contributed by atoms with Gasteiger partial charge in [0.25, 0.3) is 0 Å². The minimum absolute atomic E-state index is 0.0379. The largest absolute Gasteiger partial charge is 0.443 e. The van der Waals surface area contributed by atoms with Gasteiger partial charge >= 0.3 is 0 Å².